The minimum absolute atomic E-state index is 0.000826. The summed E-state index contributed by atoms with van der Waals surface area (Å²) in [5.74, 6) is 0.000826. The SMILES string of the molecule is Cc1ccccc1NC(=S)Nc1cnn(C)c1C(=O)N1CCCCC1. The van der Waals surface area contributed by atoms with Crippen LogP contribution in [0.15, 0.2) is 30.5 Å². The van der Waals surface area contributed by atoms with Crippen molar-refractivity contribution in [3.8, 4) is 0 Å². The molecule has 0 spiro atoms. The number of nitrogens with one attached hydrogen (secondary N) is 2. The van der Waals surface area contributed by atoms with Crippen molar-refractivity contribution in [2.75, 3.05) is 23.7 Å². The highest BCUT2D eigenvalue weighted by Gasteiger charge is 2.24. The number of amides is 1. The number of aryl methyl sites for hydroxylation is 2. The first-order valence-corrected chi connectivity index (χ1v) is 8.92. The van der Waals surface area contributed by atoms with Crippen molar-refractivity contribution in [2.45, 2.75) is 26.2 Å². The van der Waals surface area contributed by atoms with Gasteiger partial charge in [-0.1, -0.05) is 18.2 Å². The van der Waals surface area contributed by atoms with Crippen LogP contribution in [0.2, 0.25) is 0 Å². The van der Waals surface area contributed by atoms with Gasteiger partial charge in [-0.3, -0.25) is 9.48 Å². The molecule has 1 saturated heterocycles. The Labute approximate surface area is 153 Å². The molecule has 0 aliphatic carbocycles. The topological polar surface area (TPSA) is 62.2 Å². The number of thiocarbonyl (C=S) groups is 1. The maximum atomic E-state index is 12.9. The molecule has 132 valence electrons. The first-order valence-electron chi connectivity index (χ1n) is 8.51. The fourth-order valence-electron chi connectivity index (χ4n) is 3.02. The van der Waals surface area contributed by atoms with Crippen LogP contribution in [-0.2, 0) is 7.05 Å². The van der Waals surface area contributed by atoms with Gasteiger partial charge in [0.25, 0.3) is 5.91 Å². The Morgan fingerprint density at radius 2 is 1.80 bits per heavy atom. The first kappa shape index (κ1) is 17.4. The lowest BCUT2D eigenvalue weighted by molar-refractivity contribution is 0.0714. The standard InChI is InChI=1S/C18H23N5OS/c1-13-8-4-5-9-14(13)20-18(25)21-15-12-19-22(2)16(15)17(24)23-10-6-3-7-11-23/h4-5,8-9,12H,3,6-7,10-11H2,1-2H3,(H2,20,21,25). The average Bonchev–Trinajstić information content (AvgIpc) is 2.97. The number of nitrogens with zero attached hydrogens (tertiary/aromatic N) is 3. The molecule has 7 heteroatoms. The molecule has 2 aromatic rings. The Bertz CT molecular complexity index is 780. The van der Waals surface area contributed by atoms with E-state index in [1.165, 1.54) is 6.42 Å². The number of piperidine rings is 1. The summed E-state index contributed by atoms with van der Waals surface area (Å²) in [5, 5.41) is 11.0. The van der Waals surface area contributed by atoms with Crippen molar-refractivity contribution >= 4 is 34.6 Å². The van der Waals surface area contributed by atoms with Gasteiger partial charge in [0.2, 0.25) is 0 Å². The number of carbonyl (C=O) groups is 1. The third kappa shape index (κ3) is 3.99. The number of aromatic nitrogens is 2. The summed E-state index contributed by atoms with van der Waals surface area (Å²) in [6.45, 7) is 3.62. The maximum absolute atomic E-state index is 12.9. The maximum Gasteiger partial charge on any atom is 0.274 e. The number of hydrogen-bond acceptors (Lipinski definition) is 3. The van der Waals surface area contributed by atoms with Gasteiger partial charge in [0.05, 0.1) is 11.9 Å². The van der Waals surface area contributed by atoms with Gasteiger partial charge in [-0.05, 0) is 50.0 Å². The number of hydrogen-bond donors (Lipinski definition) is 2. The zero-order valence-electron chi connectivity index (χ0n) is 14.6. The predicted molar refractivity (Wildman–Crippen MR) is 104 cm³/mol. The second-order valence-electron chi connectivity index (χ2n) is 6.28. The molecule has 1 aliphatic heterocycles. The molecule has 0 radical (unpaired) electrons. The molecule has 2 heterocycles. The minimum Gasteiger partial charge on any atom is -0.337 e. The highest BCUT2D eigenvalue weighted by Crippen LogP contribution is 2.20. The van der Waals surface area contributed by atoms with Gasteiger partial charge in [0.1, 0.15) is 5.69 Å². The molecular weight excluding hydrogens is 334 g/mol. The summed E-state index contributed by atoms with van der Waals surface area (Å²) >= 11 is 5.41. The lowest BCUT2D eigenvalue weighted by atomic mass is 10.1. The molecule has 1 fully saturated rings. The third-order valence-corrected chi connectivity index (χ3v) is 4.63. The van der Waals surface area contributed by atoms with Crippen molar-refractivity contribution in [3.63, 3.8) is 0 Å². The molecule has 0 bridgehead atoms. The number of para-hydroxylation sites is 1. The van der Waals surface area contributed by atoms with Crippen LogP contribution in [-0.4, -0.2) is 38.8 Å². The number of anilines is 2. The van der Waals surface area contributed by atoms with E-state index in [-0.39, 0.29) is 5.91 Å². The second-order valence-corrected chi connectivity index (χ2v) is 6.69. The van der Waals surface area contributed by atoms with E-state index in [0.717, 1.165) is 37.2 Å². The molecule has 3 rings (SSSR count). The third-order valence-electron chi connectivity index (χ3n) is 4.43. The highest BCUT2D eigenvalue weighted by atomic mass is 32.1. The molecule has 0 unspecified atom stereocenters. The Hall–Kier alpha value is -2.41. The van der Waals surface area contributed by atoms with E-state index >= 15 is 0 Å². The Kier molecular flexibility index (Phi) is 5.33. The van der Waals surface area contributed by atoms with Crippen LogP contribution in [0.3, 0.4) is 0 Å². The largest absolute Gasteiger partial charge is 0.337 e. The molecule has 25 heavy (non-hydrogen) atoms. The van der Waals surface area contributed by atoms with Crippen LogP contribution >= 0.6 is 12.2 Å². The lowest BCUT2D eigenvalue weighted by Gasteiger charge is -2.27. The number of rotatable bonds is 3. The molecule has 1 aromatic heterocycles. The van der Waals surface area contributed by atoms with Crippen molar-refractivity contribution in [3.05, 3.63) is 41.7 Å². The molecule has 1 amide bonds. The number of carbonyl (C=O) groups excluding carboxylic acids is 1. The smallest absolute Gasteiger partial charge is 0.274 e. The molecule has 1 aromatic carbocycles. The van der Waals surface area contributed by atoms with Gasteiger partial charge in [-0.15, -0.1) is 0 Å². The average molecular weight is 357 g/mol. The zero-order chi connectivity index (χ0) is 17.8. The van der Waals surface area contributed by atoms with Gasteiger partial charge in [0, 0.05) is 25.8 Å². The first-order chi connectivity index (χ1) is 12.1. The summed E-state index contributed by atoms with van der Waals surface area (Å²) in [6.07, 6.45) is 4.94. The molecule has 0 atom stereocenters. The van der Waals surface area contributed by atoms with E-state index in [9.17, 15) is 4.79 Å². The highest BCUT2D eigenvalue weighted by molar-refractivity contribution is 7.80. The van der Waals surface area contributed by atoms with Gasteiger partial charge in [-0.25, -0.2) is 0 Å². The van der Waals surface area contributed by atoms with Crippen LogP contribution in [0.25, 0.3) is 0 Å². The monoisotopic (exact) mass is 357 g/mol. The quantitative estimate of drug-likeness (QED) is 0.826. The van der Waals surface area contributed by atoms with Crippen molar-refractivity contribution < 1.29 is 4.79 Å². The van der Waals surface area contributed by atoms with E-state index in [4.69, 9.17) is 12.2 Å². The molecular formula is C18H23N5OS. The van der Waals surface area contributed by atoms with Gasteiger partial charge < -0.3 is 15.5 Å². The van der Waals surface area contributed by atoms with E-state index in [2.05, 4.69) is 15.7 Å². The van der Waals surface area contributed by atoms with Gasteiger partial charge in [-0.2, -0.15) is 5.10 Å². The van der Waals surface area contributed by atoms with E-state index in [1.807, 2.05) is 36.1 Å². The van der Waals surface area contributed by atoms with Crippen LogP contribution in [0.4, 0.5) is 11.4 Å². The summed E-state index contributed by atoms with van der Waals surface area (Å²) in [6, 6.07) is 7.91. The van der Waals surface area contributed by atoms with Crippen LogP contribution in [0, 0.1) is 6.92 Å². The van der Waals surface area contributed by atoms with Crippen LogP contribution in [0.5, 0.6) is 0 Å². The molecule has 0 saturated carbocycles. The Morgan fingerprint density at radius 3 is 2.52 bits per heavy atom. The Morgan fingerprint density at radius 1 is 1.12 bits per heavy atom. The number of likely N-dealkylation sites (tertiary alicyclic amines) is 1. The van der Waals surface area contributed by atoms with Crippen molar-refractivity contribution in [1.29, 1.82) is 0 Å². The van der Waals surface area contributed by atoms with Crippen molar-refractivity contribution in [1.82, 2.24) is 14.7 Å². The predicted octanol–water partition coefficient (Wildman–Crippen LogP) is 3.16. The Balaban J connectivity index is 1.74. The van der Waals surface area contributed by atoms with E-state index in [1.54, 1.807) is 17.9 Å². The van der Waals surface area contributed by atoms with Gasteiger partial charge >= 0.3 is 0 Å². The van der Waals surface area contributed by atoms with Gasteiger partial charge in [0.15, 0.2) is 5.11 Å². The fraction of sp³-hybridized carbons (Fsp3) is 0.389. The van der Waals surface area contributed by atoms with E-state index < -0.39 is 0 Å². The molecule has 1 aliphatic rings. The van der Waals surface area contributed by atoms with Crippen molar-refractivity contribution in [2.24, 2.45) is 7.05 Å². The normalized spacial score (nSPS) is 14.2. The summed E-state index contributed by atoms with van der Waals surface area (Å²) in [4.78, 5) is 14.8. The molecule has 6 nitrogen and oxygen atoms in total. The molecule has 2 N–H and O–H groups in total. The zero-order valence-corrected chi connectivity index (χ0v) is 15.4. The minimum atomic E-state index is 0.000826. The summed E-state index contributed by atoms with van der Waals surface area (Å²) < 4.78 is 1.61. The van der Waals surface area contributed by atoms with E-state index in [0.29, 0.717) is 16.5 Å². The summed E-state index contributed by atoms with van der Waals surface area (Å²) in [5.41, 5.74) is 3.20. The van der Waals surface area contributed by atoms with Crippen LogP contribution < -0.4 is 10.6 Å². The number of benzene rings is 1. The lowest BCUT2D eigenvalue weighted by Crippen LogP contribution is -2.37. The van der Waals surface area contributed by atoms with Crippen LogP contribution in [0.1, 0.15) is 35.3 Å². The fourth-order valence-corrected chi connectivity index (χ4v) is 3.24. The second kappa shape index (κ2) is 7.65. The summed E-state index contributed by atoms with van der Waals surface area (Å²) in [7, 11) is 1.78.